The molecule has 2 aromatic rings. The molecule has 1 spiro atoms. The fourth-order valence-electron chi connectivity index (χ4n) is 5.75. The summed E-state index contributed by atoms with van der Waals surface area (Å²) in [5.74, 6) is 0.501. The monoisotopic (exact) mass is 463 g/mol. The minimum absolute atomic E-state index is 0.0218. The molecule has 3 amide bonds. The Hall–Kier alpha value is -3.20. The van der Waals surface area contributed by atoms with Gasteiger partial charge < -0.3 is 15.5 Å². The zero-order chi connectivity index (χ0) is 23.9. The van der Waals surface area contributed by atoms with Gasteiger partial charge in [-0.1, -0.05) is 30.3 Å². The summed E-state index contributed by atoms with van der Waals surface area (Å²) >= 11 is 0. The lowest BCUT2D eigenvalue weighted by Crippen LogP contribution is -2.54. The number of hydrogen-bond acceptors (Lipinski definition) is 6. The highest BCUT2D eigenvalue weighted by Crippen LogP contribution is 2.46. The molecule has 1 aromatic heterocycles. The number of benzene rings is 1. The minimum atomic E-state index is -0.249. The fraction of sp³-hybridized carbons (Fsp3) is 0.520. The lowest BCUT2D eigenvalue weighted by molar-refractivity contribution is -0.120. The number of aromatic nitrogens is 2. The molecule has 180 valence electrons. The van der Waals surface area contributed by atoms with Gasteiger partial charge in [-0.25, -0.2) is 14.8 Å². The standard InChI is InChI=1S/C25H33N7O2/c1-18-20(15-27-22(28-18)31-14-13-26-21(33)16-31)32-17-24(29-23(32)34)9-11-25(12-10-24,30(2)3)19-7-5-4-6-8-19/h4-8,15H,9-14,16-17H2,1-3H3,(H,26,33)(H,29,34)/t24-,25-. The molecule has 9 heteroatoms. The van der Waals surface area contributed by atoms with Crippen LogP contribution < -0.4 is 20.4 Å². The van der Waals surface area contributed by atoms with Crippen LogP contribution >= 0.6 is 0 Å². The van der Waals surface area contributed by atoms with Gasteiger partial charge in [-0.15, -0.1) is 0 Å². The van der Waals surface area contributed by atoms with Crippen LogP contribution in [0.5, 0.6) is 0 Å². The van der Waals surface area contributed by atoms with E-state index < -0.39 is 0 Å². The van der Waals surface area contributed by atoms with Crippen molar-refractivity contribution in [1.82, 2.24) is 25.5 Å². The number of carbonyl (C=O) groups is 2. The Morgan fingerprint density at radius 2 is 1.79 bits per heavy atom. The van der Waals surface area contributed by atoms with E-state index in [1.807, 2.05) is 11.8 Å². The quantitative estimate of drug-likeness (QED) is 0.721. The van der Waals surface area contributed by atoms with Gasteiger partial charge in [0.15, 0.2) is 0 Å². The van der Waals surface area contributed by atoms with Crippen molar-refractivity contribution in [2.24, 2.45) is 0 Å². The highest BCUT2D eigenvalue weighted by molar-refractivity contribution is 5.95. The average Bonchev–Trinajstić information content (AvgIpc) is 3.15. The molecule has 1 aliphatic carbocycles. The van der Waals surface area contributed by atoms with Gasteiger partial charge in [-0.3, -0.25) is 14.6 Å². The Morgan fingerprint density at radius 3 is 2.44 bits per heavy atom. The summed E-state index contributed by atoms with van der Waals surface area (Å²) in [5, 5.41) is 6.12. The molecule has 0 radical (unpaired) electrons. The highest BCUT2D eigenvalue weighted by Gasteiger charge is 2.50. The highest BCUT2D eigenvalue weighted by atomic mass is 16.2. The molecule has 3 fully saturated rings. The molecule has 3 aliphatic rings. The number of carbonyl (C=O) groups excluding carboxylic acids is 2. The van der Waals surface area contributed by atoms with Gasteiger partial charge in [0.1, 0.15) is 0 Å². The van der Waals surface area contributed by atoms with E-state index in [1.54, 1.807) is 11.1 Å². The van der Waals surface area contributed by atoms with Crippen LogP contribution in [0.2, 0.25) is 0 Å². The third-order valence-electron chi connectivity index (χ3n) is 7.83. The van der Waals surface area contributed by atoms with E-state index in [0.29, 0.717) is 25.6 Å². The minimum Gasteiger partial charge on any atom is -0.353 e. The molecule has 0 atom stereocenters. The summed E-state index contributed by atoms with van der Waals surface area (Å²) in [4.78, 5) is 39.9. The van der Waals surface area contributed by atoms with Crippen molar-refractivity contribution in [1.29, 1.82) is 0 Å². The molecule has 0 unspecified atom stereocenters. The molecule has 34 heavy (non-hydrogen) atoms. The number of hydrogen-bond donors (Lipinski definition) is 2. The van der Waals surface area contributed by atoms with Crippen molar-refractivity contribution in [3.05, 3.63) is 47.8 Å². The molecule has 2 saturated heterocycles. The maximum atomic E-state index is 13.1. The van der Waals surface area contributed by atoms with E-state index in [2.05, 4.69) is 69.9 Å². The van der Waals surface area contributed by atoms with Crippen molar-refractivity contribution < 1.29 is 9.59 Å². The second-order valence-electron chi connectivity index (χ2n) is 10.0. The number of nitrogens with one attached hydrogen (secondary N) is 2. The first-order valence-corrected chi connectivity index (χ1v) is 12.0. The normalized spacial score (nSPS) is 27.3. The van der Waals surface area contributed by atoms with Crippen molar-refractivity contribution >= 4 is 23.6 Å². The van der Waals surface area contributed by atoms with Crippen LogP contribution in [0.15, 0.2) is 36.5 Å². The molecule has 2 aliphatic heterocycles. The molecule has 0 bridgehead atoms. The third-order valence-corrected chi connectivity index (χ3v) is 7.83. The molecule has 9 nitrogen and oxygen atoms in total. The number of nitrogens with zero attached hydrogens (tertiary/aromatic N) is 5. The molecule has 2 N–H and O–H groups in total. The molecule has 5 rings (SSSR count). The summed E-state index contributed by atoms with van der Waals surface area (Å²) in [5.41, 5.74) is 2.54. The molecular formula is C25H33N7O2. The van der Waals surface area contributed by atoms with Crippen LogP contribution in [-0.4, -0.2) is 72.6 Å². The largest absolute Gasteiger partial charge is 0.353 e. The van der Waals surface area contributed by atoms with Crippen molar-refractivity contribution in [3.8, 4) is 0 Å². The topological polar surface area (TPSA) is 93.7 Å². The van der Waals surface area contributed by atoms with E-state index in [-0.39, 0.29) is 29.6 Å². The first kappa shape index (κ1) is 22.6. The average molecular weight is 464 g/mol. The van der Waals surface area contributed by atoms with Crippen LogP contribution in [0.3, 0.4) is 0 Å². The first-order chi connectivity index (χ1) is 16.3. The molecular weight excluding hydrogens is 430 g/mol. The summed E-state index contributed by atoms with van der Waals surface area (Å²) in [7, 11) is 4.30. The van der Waals surface area contributed by atoms with E-state index in [9.17, 15) is 9.59 Å². The predicted molar refractivity (Wildman–Crippen MR) is 131 cm³/mol. The van der Waals surface area contributed by atoms with Crippen LogP contribution in [0, 0.1) is 6.92 Å². The Bertz CT molecular complexity index is 1080. The van der Waals surface area contributed by atoms with E-state index in [1.165, 1.54) is 5.56 Å². The number of amides is 3. The van der Waals surface area contributed by atoms with Crippen molar-refractivity contribution in [2.75, 3.05) is 50.1 Å². The van der Waals surface area contributed by atoms with Crippen LogP contribution in [0.25, 0.3) is 0 Å². The lowest BCUT2D eigenvalue weighted by Gasteiger charge is -2.48. The Balaban J connectivity index is 1.33. The number of anilines is 2. The van der Waals surface area contributed by atoms with E-state index in [4.69, 9.17) is 0 Å². The van der Waals surface area contributed by atoms with Gasteiger partial charge in [-0.05, 0) is 52.3 Å². The number of urea groups is 1. The summed E-state index contributed by atoms with van der Waals surface area (Å²) in [6, 6.07) is 10.6. The van der Waals surface area contributed by atoms with Gasteiger partial charge in [0.25, 0.3) is 0 Å². The van der Waals surface area contributed by atoms with Gasteiger partial charge in [-0.2, -0.15) is 0 Å². The zero-order valence-electron chi connectivity index (χ0n) is 20.2. The Labute approximate surface area is 200 Å². The number of rotatable bonds is 4. The summed E-state index contributed by atoms with van der Waals surface area (Å²) < 4.78 is 0. The van der Waals surface area contributed by atoms with Crippen molar-refractivity contribution in [2.45, 2.75) is 43.7 Å². The van der Waals surface area contributed by atoms with Gasteiger partial charge >= 0.3 is 6.03 Å². The van der Waals surface area contributed by atoms with Gasteiger partial charge in [0.05, 0.1) is 36.2 Å². The Morgan fingerprint density at radius 1 is 1.06 bits per heavy atom. The van der Waals surface area contributed by atoms with E-state index in [0.717, 1.165) is 37.1 Å². The summed E-state index contributed by atoms with van der Waals surface area (Å²) in [6.45, 7) is 4.02. The second kappa shape index (κ2) is 8.54. The van der Waals surface area contributed by atoms with Crippen molar-refractivity contribution in [3.63, 3.8) is 0 Å². The molecule has 1 saturated carbocycles. The van der Waals surface area contributed by atoms with Crippen LogP contribution in [0.4, 0.5) is 16.4 Å². The van der Waals surface area contributed by atoms with Gasteiger partial charge in [0, 0.05) is 18.6 Å². The predicted octanol–water partition coefficient (Wildman–Crippen LogP) is 2.02. The smallest absolute Gasteiger partial charge is 0.322 e. The van der Waals surface area contributed by atoms with Crippen LogP contribution in [-0.2, 0) is 10.3 Å². The summed E-state index contributed by atoms with van der Waals surface area (Å²) in [6.07, 6.45) is 5.49. The number of piperazine rings is 1. The molecule has 3 heterocycles. The number of aryl methyl sites for hydroxylation is 1. The third kappa shape index (κ3) is 3.87. The SMILES string of the molecule is Cc1nc(N2CCNC(=O)C2)ncc1N1C[C@]2(CC[C@@](c3ccccc3)(N(C)C)CC2)NC1=O. The fourth-order valence-corrected chi connectivity index (χ4v) is 5.75. The maximum absolute atomic E-state index is 13.1. The van der Waals surface area contributed by atoms with Crippen LogP contribution in [0.1, 0.15) is 36.9 Å². The lowest BCUT2D eigenvalue weighted by atomic mass is 9.69. The first-order valence-electron chi connectivity index (χ1n) is 12.0. The molecule has 1 aromatic carbocycles. The maximum Gasteiger partial charge on any atom is 0.322 e. The zero-order valence-corrected chi connectivity index (χ0v) is 20.2. The van der Waals surface area contributed by atoms with Gasteiger partial charge in [0.2, 0.25) is 11.9 Å². The van der Waals surface area contributed by atoms with E-state index >= 15 is 0 Å². The second-order valence-corrected chi connectivity index (χ2v) is 10.0. The Kier molecular flexibility index (Phi) is 5.67.